The van der Waals surface area contributed by atoms with E-state index in [1.165, 1.54) is 0 Å². The fraction of sp³-hybridized carbons (Fsp3) is 0.800. The van der Waals surface area contributed by atoms with Gasteiger partial charge >= 0.3 is 0 Å². The molecule has 4 nitrogen and oxygen atoms in total. The molecule has 0 saturated carbocycles. The third kappa shape index (κ3) is 3.22. The van der Waals surface area contributed by atoms with E-state index in [1.807, 2.05) is 9.24 Å². The van der Waals surface area contributed by atoms with Gasteiger partial charge in [0.15, 0.2) is 0 Å². The van der Waals surface area contributed by atoms with E-state index in [-0.39, 0.29) is 6.42 Å². The second kappa shape index (κ2) is 4.74. The van der Waals surface area contributed by atoms with Crippen LogP contribution in [0, 0.1) is 0 Å². The molecule has 0 aromatic carbocycles. The Morgan fingerprint density at radius 2 is 1.90 bits per heavy atom. The van der Waals surface area contributed by atoms with E-state index in [0.29, 0.717) is 6.29 Å². The Morgan fingerprint density at radius 3 is 2.20 bits per heavy atom. The first-order valence-electron chi connectivity index (χ1n) is 2.83. The highest BCUT2D eigenvalue weighted by atomic mass is 31.0. The highest BCUT2D eigenvalue weighted by Gasteiger charge is 2.20. The van der Waals surface area contributed by atoms with Crippen LogP contribution in [0.5, 0.6) is 0 Å². The average molecular weight is 166 g/mol. The lowest BCUT2D eigenvalue weighted by Crippen LogP contribution is -2.33. The highest BCUT2D eigenvalue weighted by molar-refractivity contribution is 7.17. The van der Waals surface area contributed by atoms with Crippen LogP contribution in [0.15, 0.2) is 0 Å². The molecule has 0 aromatic heterocycles. The van der Waals surface area contributed by atoms with Crippen LogP contribution in [0.1, 0.15) is 6.42 Å². The summed E-state index contributed by atoms with van der Waals surface area (Å²) in [6, 6.07) is 0. The summed E-state index contributed by atoms with van der Waals surface area (Å²) in [4.78, 5) is 9.78. The summed E-state index contributed by atoms with van der Waals surface area (Å²) in [5.41, 5.74) is 0. The molecule has 0 bridgehead atoms. The number of aliphatic hydroxyl groups is 3. The second-order valence-corrected chi connectivity index (χ2v) is 2.63. The van der Waals surface area contributed by atoms with Gasteiger partial charge in [-0.05, 0) is 0 Å². The first-order valence-corrected chi connectivity index (χ1v) is 3.49. The normalized spacial score (nSPS) is 19.6. The molecular weight excluding hydrogens is 155 g/mol. The lowest BCUT2D eigenvalue weighted by atomic mass is 10.1. The van der Waals surface area contributed by atoms with Crippen LogP contribution in [0.4, 0.5) is 0 Å². The molecule has 0 aliphatic rings. The highest BCUT2D eigenvalue weighted by Crippen LogP contribution is 2.07. The van der Waals surface area contributed by atoms with Crippen molar-refractivity contribution < 1.29 is 20.1 Å². The third-order valence-electron chi connectivity index (χ3n) is 1.08. The summed E-state index contributed by atoms with van der Waals surface area (Å²) in [6.45, 7) is 0. The number of aliphatic hydroxyl groups excluding tert-OH is 3. The predicted octanol–water partition coefficient (Wildman–Crippen LogP) is -1.51. The molecule has 4 atom stereocenters. The summed E-state index contributed by atoms with van der Waals surface area (Å²) in [6.07, 6.45) is -2.12. The fourth-order valence-electron chi connectivity index (χ4n) is 0.466. The van der Waals surface area contributed by atoms with E-state index in [9.17, 15) is 4.79 Å². The fourth-order valence-corrected chi connectivity index (χ4v) is 0.722. The number of carbonyl (C=O) groups is 1. The molecule has 10 heavy (non-hydrogen) atoms. The van der Waals surface area contributed by atoms with Crippen molar-refractivity contribution in [1.82, 2.24) is 0 Å². The first-order chi connectivity index (χ1) is 4.59. The molecular formula is C5H11O4P. The van der Waals surface area contributed by atoms with Gasteiger partial charge in [0.05, 0.1) is 11.9 Å². The molecule has 0 aromatic rings. The van der Waals surface area contributed by atoms with Crippen molar-refractivity contribution >= 4 is 15.5 Å². The van der Waals surface area contributed by atoms with Crippen LogP contribution in [0.3, 0.4) is 0 Å². The topological polar surface area (TPSA) is 77.8 Å². The number of rotatable bonds is 4. The summed E-state index contributed by atoms with van der Waals surface area (Å²) in [5.74, 6) is -1.09. The molecule has 0 heterocycles. The Labute approximate surface area is 61.1 Å². The van der Waals surface area contributed by atoms with Crippen LogP contribution in [-0.2, 0) is 4.79 Å². The molecule has 0 aliphatic heterocycles. The van der Waals surface area contributed by atoms with Crippen molar-refractivity contribution in [3.63, 3.8) is 0 Å². The van der Waals surface area contributed by atoms with Crippen molar-refractivity contribution in [2.45, 2.75) is 24.5 Å². The molecule has 4 unspecified atom stereocenters. The Kier molecular flexibility index (Phi) is 4.73. The first kappa shape index (κ1) is 9.98. The minimum absolute atomic E-state index is 0.160. The van der Waals surface area contributed by atoms with Crippen molar-refractivity contribution in [3.8, 4) is 0 Å². The maximum atomic E-state index is 9.78. The molecule has 3 N–H and O–H groups in total. The molecule has 0 fully saturated rings. The van der Waals surface area contributed by atoms with Gasteiger partial charge in [-0.25, -0.2) is 0 Å². The summed E-state index contributed by atoms with van der Waals surface area (Å²) in [5, 5.41) is 26.3. The zero-order chi connectivity index (χ0) is 8.15. The molecule has 0 rings (SSSR count). The van der Waals surface area contributed by atoms with Gasteiger partial charge in [-0.3, -0.25) is 0 Å². The molecule has 0 saturated heterocycles. The van der Waals surface area contributed by atoms with Gasteiger partial charge in [-0.2, -0.15) is 0 Å². The molecule has 0 spiro atoms. The maximum Gasteiger partial charge on any atom is 0.122 e. The maximum absolute atomic E-state index is 9.78. The van der Waals surface area contributed by atoms with Crippen LogP contribution in [0.2, 0.25) is 0 Å². The van der Waals surface area contributed by atoms with Crippen molar-refractivity contribution in [3.05, 3.63) is 0 Å². The summed E-state index contributed by atoms with van der Waals surface area (Å²) >= 11 is 0. The van der Waals surface area contributed by atoms with Gasteiger partial charge in [-0.15, -0.1) is 9.24 Å². The van der Waals surface area contributed by atoms with Gasteiger partial charge in [0, 0.05) is 6.42 Å². The summed E-state index contributed by atoms with van der Waals surface area (Å²) < 4.78 is 0. The molecule has 60 valence electrons. The van der Waals surface area contributed by atoms with E-state index in [1.54, 1.807) is 0 Å². The Bertz CT molecular complexity index is 106. The Balaban J connectivity index is 3.68. The number of aldehydes is 1. The van der Waals surface area contributed by atoms with Crippen LogP contribution in [-0.4, -0.2) is 39.7 Å². The quantitative estimate of drug-likeness (QED) is 0.350. The van der Waals surface area contributed by atoms with Gasteiger partial charge in [-0.1, -0.05) is 0 Å². The van der Waals surface area contributed by atoms with Gasteiger partial charge in [0.1, 0.15) is 12.4 Å². The smallest absolute Gasteiger partial charge is 0.122 e. The number of carbonyl (C=O) groups excluding carboxylic acids is 1. The SMILES string of the molecule is O=CCC(O)C(O)C(O)P. The molecule has 0 amide bonds. The van der Waals surface area contributed by atoms with Gasteiger partial charge < -0.3 is 20.1 Å². The zero-order valence-electron chi connectivity index (χ0n) is 5.34. The minimum Gasteiger partial charge on any atom is -0.390 e. The lowest BCUT2D eigenvalue weighted by Gasteiger charge is -2.17. The van der Waals surface area contributed by atoms with E-state index >= 15 is 0 Å². The van der Waals surface area contributed by atoms with Crippen LogP contribution < -0.4 is 0 Å². The van der Waals surface area contributed by atoms with Crippen LogP contribution >= 0.6 is 9.24 Å². The minimum atomic E-state index is -1.27. The third-order valence-corrected chi connectivity index (χ3v) is 1.48. The Morgan fingerprint density at radius 1 is 1.40 bits per heavy atom. The molecule has 0 radical (unpaired) electrons. The Hall–Kier alpha value is -0.0200. The van der Waals surface area contributed by atoms with Crippen molar-refractivity contribution in [2.24, 2.45) is 0 Å². The van der Waals surface area contributed by atoms with Gasteiger partial charge in [0.25, 0.3) is 0 Å². The van der Waals surface area contributed by atoms with E-state index in [2.05, 4.69) is 0 Å². The van der Waals surface area contributed by atoms with Crippen LogP contribution in [0.25, 0.3) is 0 Å². The van der Waals surface area contributed by atoms with E-state index < -0.39 is 18.1 Å². The van der Waals surface area contributed by atoms with Crippen molar-refractivity contribution in [2.75, 3.05) is 0 Å². The lowest BCUT2D eigenvalue weighted by molar-refractivity contribution is -0.112. The van der Waals surface area contributed by atoms with E-state index in [0.717, 1.165) is 0 Å². The van der Waals surface area contributed by atoms with Gasteiger partial charge in [0.2, 0.25) is 0 Å². The number of hydrogen-bond donors (Lipinski definition) is 3. The largest absolute Gasteiger partial charge is 0.390 e. The van der Waals surface area contributed by atoms with E-state index in [4.69, 9.17) is 15.3 Å². The monoisotopic (exact) mass is 166 g/mol. The summed E-state index contributed by atoms with van der Waals surface area (Å²) in [7, 11) is 1.92. The number of hydrogen-bond acceptors (Lipinski definition) is 4. The second-order valence-electron chi connectivity index (χ2n) is 1.95. The molecule has 5 heteroatoms. The molecule has 0 aliphatic carbocycles. The average Bonchev–Trinajstić information content (AvgIpc) is 1.87. The standard InChI is InChI=1S/C5H11O4P/c6-2-1-3(7)4(8)5(9)10/h2-5,7-9H,1,10H2. The zero-order valence-corrected chi connectivity index (χ0v) is 6.50. The van der Waals surface area contributed by atoms with Crippen molar-refractivity contribution in [1.29, 1.82) is 0 Å². The predicted molar refractivity (Wildman–Crippen MR) is 38.4 cm³/mol.